The van der Waals surface area contributed by atoms with Gasteiger partial charge >= 0.3 is 5.97 Å². The fraction of sp³-hybridized carbons (Fsp3) is 0.316. The zero-order valence-corrected chi connectivity index (χ0v) is 15.4. The lowest BCUT2D eigenvalue weighted by Crippen LogP contribution is -2.25. The molecule has 0 spiro atoms. The third-order valence-electron chi connectivity index (χ3n) is 4.45. The standard InChI is InChI=1S/C19H20N2O5S/c22-18-9-8-17(21-18)20-12-27(25,26)11-13-6-7-15(19(23)24)16(10-13)14-4-2-1-3-5-14/h1-5,7,10,12-13,17H,6,8-9,11H2,(H,21,22)(H,23,24)/t13?,17-/m1/s1. The molecule has 142 valence electrons. The Bertz CT molecular complexity index is 932. The van der Waals surface area contributed by atoms with Crippen molar-refractivity contribution in [2.45, 2.75) is 25.4 Å². The molecule has 0 radical (unpaired) electrons. The van der Waals surface area contributed by atoms with Crippen molar-refractivity contribution >= 4 is 32.8 Å². The lowest BCUT2D eigenvalue weighted by atomic mass is 9.87. The Morgan fingerprint density at radius 3 is 2.67 bits per heavy atom. The molecule has 1 heterocycles. The summed E-state index contributed by atoms with van der Waals surface area (Å²) in [6.45, 7) is 0. The van der Waals surface area contributed by atoms with Gasteiger partial charge in [0.1, 0.15) is 11.7 Å². The Morgan fingerprint density at radius 1 is 1.30 bits per heavy atom. The SMILES string of the molecule is O=C1CC[C@H](N=CS(=O)(=O)CC2C=C(c3ccccc3)C(C(=O)O)=CC2)N1. The molecule has 1 unspecified atom stereocenters. The number of aliphatic imine (C=N–C) groups is 1. The first kappa shape index (κ1) is 19.0. The van der Waals surface area contributed by atoms with Crippen molar-refractivity contribution in [2.24, 2.45) is 10.9 Å². The van der Waals surface area contributed by atoms with E-state index < -0.39 is 22.0 Å². The van der Waals surface area contributed by atoms with E-state index in [-0.39, 0.29) is 23.2 Å². The first-order valence-electron chi connectivity index (χ1n) is 8.60. The number of carbonyl (C=O) groups excluding carboxylic acids is 1. The average molecular weight is 388 g/mol. The Labute approximate surface area is 157 Å². The number of carboxylic acid groups (broad SMARTS) is 1. The predicted molar refractivity (Wildman–Crippen MR) is 102 cm³/mol. The number of nitrogens with one attached hydrogen (secondary N) is 1. The minimum Gasteiger partial charge on any atom is -0.478 e. The van der Waals surface area contributed by atoms with Crippen molar-refractivity contribution in [1.82, 2.24) is 5.32 Å². The fourth-order valence-corrected chi connectivity index (χ4v) is 4.43. The average Bonchev–Trinajstić information content (AvgIpc) is 3.06. The third-order valence-corrected chi connectivity index (χ3v) is 5.79. The van der Waals surface area contributed by atoms with Crippen molar-refractivity contribution in [3.8, 4) is 0 Å². The highest BCUT2D eigenvalue weighted by atomic mass is 32.2. The molecule has 1 fully saturated rings. The van der Waals surface area contributed by atoms with Crippen molar-refractivity contribution in [1.29, 1.82) is 0 Å². The highest BCUT2D eigenvalue weighted by molar-refractivity contribution is 8.04. The van der Waals surface area contributed by atoms with E-state index in [4.69, 9.17) is 0 Å². The highest BCUT2D eigenvalue weighted by Crippen LogP contribution is 2.31. The summed E-state index contributed by atoms with van der Waals surface area (Å²) in [5.41, 5.74) is 2.35. The van der Waals surface area contributed by atoms with Gasteiger partial charge in [0.25, 0.3) is 0 Å². The molecule has 2 atom stereocenters. The van der Waals surface area contributed by atoms with Gasteiger partial charge in [-0.15, -0.1) is 0 Å². The third kappa shape index (κ3) is 4.91. The normalized spacial score (nSPS) is 23.0. The minimum atomic E-state index is -3.59. The van der Waals surface area contributed by atoms with Crippen LogP contribution in [0.25, 0.3) is 5.57 Å². The zero-order chi connectivity index (χ0) is 19.4. The van der Waals surface area contributed by atoms with Crippen molar-refractivity contribution < 1.29 is 23.1 Å². The van der Waals surface area contributed by atoms with E-state index in [0.29, 0.717) is 24.8 Å². The monoisotopic (exact) mass is 388 g/mol. The van der Waals surface area contributed by atoms with Gasteiger partial charge in [0.2, 0.25) is 5.91 Å². The largest absolute Gasteiger partial charge is 0.478 e. The van der Waals surface area contributed by atoms with Crippen molar-refractivity contribution in [2.75, 3.05) is 5.75 Å². The molecule has 27 heavy (non-hydrogen) atoms. The Morgan fingerprint density at radius 2 is 2.04 bits per heavy atom. The van der Waals surface area contributed by atoms with Crippen LogP contribution >= 0.6 is 0 Å². The summed E-state index contributed by atoms with van der Waals surface area (Å²) >= 11 is 0. The molecule has 1 aliphatic heterocycles. The van der Waals surface area contributed by atoms with E-state index in [9.17, 15) is 23.1 Å². The molecule has 1 aliphatic carbocycles. The molecular formula is C19H20N2O5S. The highest BCUT2D eigenvalue weighted by Gasteiger charge is 2.25. The van der Waals surface area contributed by atoms with Gasteiger partial charge in [0, 0.05) is 6.42 Å². The molecule has 8 heteroatoms. The number of sulfone groups is 1. The number of hydrogen-bond donors (Lipinski definition) is 2. The zero-order valence-electron chi connectivity index (χ0n) is 14.5. The van der Waals surface area contributed by atoms with Crippen LogP contribution in [0.2, 0.25) is 0 Å². The van der Waals surface area contributed by atoms with Gasteiger partial charge in [-0.3, -0.25) is 9.79 Å². The van der Waals surface area contributed by atoms with Gasteiger partial charge in [-0.25, -0.2) is 13.2 Å². The Hall–Kier alpha value is -2.74. The van der Waals surface area contributed by atoms with Crippen LogP contribution in [0.15, 0.2) is 53.0 Å². The van der Waals surface area contributed by atoms with Gasteiger partial charge in [-0.05, 0) is 29.9 Å². The van der Waals surface area contributed by atoms with Crippen LogP contribution < -0.4 is 5.32 Å². The maximum atomic E-state index is 12.4. The van der Waals surface area contributed by atoms with E-state index in [1.165, 1.54) is 0 Å². The number of amides is 1. The summed E-state index contributed by atoms with van der Waals surface area (Å²) in [5.74, 6) is -1.69. The Kier molecular flexibility index (Phi) is 5.55. The van der Waals surface area contributed by atoms with Crippen LogP contribution in [-0.2, 0) is 19.4 Å². The lowest BCUT2D eigenvalue weighted by Gasteiger charge is -2.20. The van der Waals surface area contributed by atoms with E-state index in [0.717, 1.165) is 11.1 Å². The summed E-state index contributed by atoms with van der Waals surface area (Å²) in [5, 5.41) is 12.0. The van der Waals surface area contributed by atoms with Crippen molar-refractivity contribution in [3.63, 3.8) is 0 Å². The van der Waals surface area contributed by atoms with Crippen molar-refractivity contribution in [3.05, 3.63) is 53.6 Å². The van der Waals surface area contributed by atoms with E-state index in [2.05, 4.69) is 10.3 Å². The van der Waals surface area contributed by atoms with Crippen LogP contribution in [0.3, 0.4) is 0 Å². The van der Waals surface area contributed by atoms with Crippen LogP contribution in [0.4, 0.5) is 0 Å². The lowest BCUT2D eigenvalue weighted by molar-refractivity contribution is -0.132. The second kappa shape index (κ2) is 7.87. The minimum absolute atomic E-state index is 0.136. The van der Waals surface area contributed by atoms with Crippen LogP contribution in [-0.4, -0.2) is 42.9 Å². The van der Waals surface area contributed by atoms with Gasteiger partial charge in [-0.2, -0.15) is 0 Å². The second-order valence-electron chi connectivity index (χ2n) is 6.57. The molecule has 1 saturated heterocycles. The molecule has 1 amide bonds. The molecule has 0 aromatic heterocycles. The molecule has 0 bridgehead atoms. The van der Waals surface area contributed by atoms with E-state index in [1.807, 2.05) is 6.07 Å². The van der Waals surface area contributed by atoms with E-state index in [1.54, 1.807) is 36.4 Å². The molecule has 7 nitrogen and oxygen atoms in total. The molecule has 0 saturated carbocycles. The molecule has 2 N–H and O–H groups in total. The number of carboxylic acids is 1. The number of aliphatic carboxylic acids is 1. The summed E-state index contributed by atoms with van der Waals surface area (Å²) in [7, 11) is -3.59. The van der Waals surface area contributed by atoms with Crippen LogP contribution in [0.5, 0.6) is 0 Å². The maximum absolute atomic E-state index is 12.4. The summed E-state index contributed by atoms with van der Waals surface area (Å²) in [6.07, 6.45) is 3.94. The quantitative estimate of drug-likeness (QED) is 0.570. The first-order valence-corrected chi connectivity index (χ1v) is 10.3. The first-order chi connectivity index (χ1) is 12.8. The summed E-state index contributed by atoms with van der Waals surface area (Å²) in [4.78, 5) is 26.6. The Balaban J connectivity index is 1.77. The van der Waals surface area contributed by atoms with Gasteiger partial charge in [-0.1, -0.05) is 42.5 Å². The predicted octanol–water partition coefficient (Wildman–Crippen LogP) is 1.78. The number of rotatable bonds is 6. The number of nitrogens with zero attached hydrogens (tertiary/aromatic N) is 1. The van der Waals surface area contributed by atoms with E-state index >= 15 is 0 Å². The molecule has 1 aromatic rings. The number of allylic oxidation sites excluding steroid dienone is 2. The number of hydrogen-bond acceptors (Lipinski definition) is 5. The molecular weight excluding hydrogens is 368 g/mol. The molecule has 1 aromatic carbocycles. The number of benzene rings is 1. The van der Waals surface area contributed by atoms with Crippen LogP contribution in [0.1, 0.15) is 24.8 Å². The molecule has 3 rings (SSSR count). The second-order valence-corrected chi connectivity index (χ2v) is 8.44. The van der Waals surface area contributed by atoms with Gasteiger partial charge in [0.15, 0.2) is 9.84 Å². The van der Waals surface area contributed by atoms with Crippen LogP contribution in [0, 0.1) is 5.92 Å². The maximum Gasteiger partial charge on any atom is 0.335 e. The van der Waals surface area contributed by atoms with Gasteiger partial charge in [0.05, 0.1) is 11.3 Å². The fourth-order valence-electron chi connectivity index (χ4n) is 3.18. The summed E-state index contributed by atoms with van der Waals surface area (Å²) in [6, 6.07) is 9.03. The molecule has 2 aliphatic rings. The number of carbonyl (C=O) groups is 2. The topological polar surface area (TPSA) is 113 Å². The van der Waals surface area contributed by atoms with Gasteiger partial charge < -0.3 is 10.4 Å². The summed E-state index contributed by atoms with van der Waals surface area (Å²) < 4.78 is 24.7. The smallest absolute Gasteiger partial charge is 0.335 e.